The Bertz CT molecular complexity index is 389. The van der Waals surface area contributed by atoms with Crippen molar-refractivity contribution in [2.45, 2.75) is 51.0 Å². The molecule has 1 rings (SSSR count). The second-order valence-corrected chi connectivity index (χ2v) is 6.24. The van der Waals surface area contributed by atoms with Crippen molar-refractivity contribution >= 4 is 16.3 Å². The summed E-state index contributed by atoms with van der Waals surface area (Å²) < 4.78 is 32.7. The minimum Gasteiger partial charge on any atom is -0.449 e. The number of nitrogens with one attached hydrogen (secondary N) is 2. The van der Waals surface area contributed by atoms with Gasteiger partial charge in [-0.1, -0.05) is 25.7 Å². The molecule has 0 aromatic heterocycles. The lowest BCUT2D eigenvalue weighted by molar-refractivity contribution is 0.158. The third-order valence-electron chi connectivity index (χ3n) is 3.30. The van der Waals surface area contributed by atoms with Crippen LogP contribution in [0.4, 0.5) is 4.79 Å². The van der Waals surface area contributed by atoms with E-state index in [0.29, 0.717) is 12.8 Å². The van der Waals surface area contributed by atoms with Crippen molar-refractivity contribution < 1.29 is 17.9 Å². The van der Waals surface area contributed by atoms with Crippen molar-refractivity contribution in [1.29, 1.82) is 0 Å². The first-order valence-corrected chi connectivity index (χ1v) is 8.10. The molecule has 7 nitrogen and oxygen atoms in total. The van der Waals surface area contributed by atoms with Gasteiger partial charge in [0.15, 0.2) is 0 Å². The molecule has 0 heterocycles. The molecule has 0 aromatic rings. The zero-order valence-corrected chi connectivity index (χ0v) is 12.1. The summed E-state index contributed by atoms with van der Waals surface area (Å²) in [5, 5.41) is 0. The Kier molecular flexibility index (Phi) is 6.02. The van der Waals surface area contributed by atoms with E-state index in [-0.39, 0.29) is 13.2 Å². The highest BCUT2D eigenvalue weighted by Gasteiger charge is 2.34. The lowest BCUT2D eigenvalue weighted by Gasteiger charge is -2.31. The first kappa shape index (κ1) is 16.2. The van der Waals surface area contributed by atoms with Crippen LogP contribution in [0.15, 0.2) is 0 Å². The standard InChI is InChI=1S/C11H23N3O4S/c1-2-18-10(15)13-19(16,17)14-11(9-12)7-5-3-4-6-8-11/h14H,2-9,12H2,1H3,(H,13,15). The van der Waals surface area contributed by atoms with E-state index in [0.717, 1.165) is 25.7 Å². The lowest BCUT2D eigenvalue weighted by Crippen LogP contribution is -2.57. The van der Waals surface area contributed by atoms with E-state index in [2.05, 4.69) is 9.46 Å². The zero-order valence-electron chi connectivity index (χ0n) is 11.3. The second kappa shape index (κ2) is 7.06. The van der Waals surface area contributed by atoms with Crippen LogP contribution < -0.4 is 15.2 Å². The van der Waals surface area contributed by atoms with Crippen LogP contribution in [0.1, 0.15) is 45.4 Å². The Labute approximate surface area is 114 Å². The first-order chi connectivity index (χ1) is 8.93. The van der Waals surface area contributed by atoms with Crippen molar-refractivity contribution in [3.8, 4) is 0 Å². The smallest absolute Gasteiger partial charge is 0.421 e. The average molecular weight is 293 g/mol. The lowest BCUT2D eigenvalue weighted by atomic mass is 9.92. The summed E-state index contributed by atoms with van der Waals surface area (Å²) >= 11 is 0. The number of hydrogen-bond acceptors (Lipinski definition) is 5. The highest BCUT2D eigenvalue weighted by Crippen LogP contribution is 2.26. The number of carbonyl (C=O) groups excluding carboxylic acids is 1. The fourth-order valence-corrected chi connectivity index (χ4v) is 3.52. The maximum absolute atomic E-state index is 11.9. The first-order valence-electron chi connectivity index (χ1n) is 6.61. The topological polar surface area (TPSA) is 111 Å². The van der Waals surface area contributed by atoms with Crippen molar-refractivity contribution in [1.82, 2.24) is 9.44 Å². The number of rotatable bonds is 5. The van der Waals surface area contributed by atoms with Crippen molar-refractivity contribution in [2.75, 3.05) is 13.2 Å². The third-order valence-corrected chi connectivity index (χ3v) is 4.43. The average Bonchev–Trinajstić information content (AvgIpc) is 2.54. The summed E-state index contributed by atoms with van der Waals surface area (Å²) in [6.45, 7) is 1.94. The SMILES string of the molecule is CCOC(=O)NS(=O)(=O)NC1(CN)CCCCCC1. The molecule has 8 heteroatoms. The van der Waals surface area contributed by atoms with Gasteiger partial charge in [0.05, 0.1) is 6.61 Å². The van der Waals surface area contributed by atoms with E-state index in [4.69, 9.17) is 5.73 Å². The number of amides is 1. The Balaban J connectivity index is 2.70. The molecule has 1 fully saturated rings. The molecule has 0 saturated heterocycles. The molecule has 0 unspecified atom stereocenters. The molecule has 0 spiro atoms. The molecule has 0 atom stereocenters. The summed E-state index contributed by atoms with van der Waals surface area (Å²) in [6, 6.07) is 0. The Morgan fingerprint density at radius 1 is 1.26 bits per heavy atom. The van der Waals surface area contributed by atoms with E-state index >= 15 is 0 Å². The predicted octanol–water partition coefficient (Wildman–Crippen LogP) is 0.619. The molecule has 1 amide bonds. The molecular weight excluding hydrogens is 270 g/mol. The van der Waals surface area contributed by atoms with Crippen molar-refractivity contribution in [3.05, 3.63) is 0 Å². The molecule has 1 aliphatic carbocycles. The fraction of sp³-hybridized carbons (Fsp3) is 0.909. The molecule has 4 N–H and O–H groups in total. The number of ether oxygens (including phenoxy) is 1. The minimum absolute atomic E-state index is 0.114. The second-order valence-electron chi connectivity index (χ2n) is 4.83. The molecular formula is C11H23N3O4S. The van der Waals surface area contributed by atoms with Gasteiger partial charge < -0.3 is 10.5 Å². The maximum Gasteiger partial charge on any atom is 0.421 e. The van der Waals surface area contributed by atoms with Gasteiger partial charge in [0, 0.05) is 12.1 Å². The van der Waals surface area contributed by atoms with Crippen LogP contribution >= 0.6 is 0 Å². The van der Waals surface area contributed by atoms with Gasteiger partial charge in [-0.15, -0.1) is 0 Å². The number of nitrogens with two attached hydrogens (primary N) is 1. The Morgan fingerprint density at radius 3 is 2.32 bits per heavy atom. The zero-order chi connectivity index (χ0) is 14.4. The largest absolute Gasteiger partial charge is 0.449 e. The summed E-state index contributed by atoms with van der Waals surface area (Å²) in [6.07, 6.45) is 4.42. The van der Waals surface area contributed by atoms with E-state index in [9.17, 15) is 13.2 Å². The predicted molar refractivity (Wildman–Crippen MR) is 71.7 cm³/mol. The highest BCUT2D eigenvalue weighted by molar-refractivity contribution is 7.88. The van der Waals surface area contributed by atoms with Gasteiger partial charge in [-0.25, -0.2) is 9.52 Å². The van der Waals surface area contributed by atoms with E-state index < -0.39 is 21.8 Å². The number of hydrogen-bond donors (Lipinski definition) is 3. The van der Waals surface area contributed by atoms with Gasteiger partial charge in [0.1, 0.15) is 0 Å². The molecule has 19 heavy (non-hydrogen) atoms. The maximum atomic E-state index is 11.9. The van der Waals surface area contributed by atoms with Gasteiger partial charge in [0.25, 0.3) is 0 Å². The van der Waals surface area contributed by atoms with Crippen LogP contribution in [0.2, 0.25) is 0 Å². The van der Waals surface area contributed by atoms with Gasteiger partial charge >= 0.3 is 16.3 Å². The van der Waals surface area contributed by atoms with Crippen LogP contribution in [0, 0.1) is 0 Å². The number of carbonyl (C=O) groups is 1. The van der Waals surface area contributed by atoms with E-state index in [1.165, 1.54) is 0 Å². The quantitative estimate of drug-likeness (QED) is 0.643. The summed E-state index contributed by atoms with van der Waals surface area (Å²) in [5.74, 6) is 0. The van der Waals surface area contributed by atoms with Crippen LogP contribution in [0.5, 0.6) is 0 Å². The Hall–Kier alpha value is -0.860. The Morgan fingerprint density at radius 2 is 1.84 bits per heavy atom. The monoisotopic (exact) mass is 293 g/mol. The molecule has 112 valence electrons. The van der Waals surface area contributed by atoms with Crippen LogP contribution in [-0.2, 0) is 14.9 Å². The molecule has 0 aliphatic heterocycles. The van der Waals surface area contributed by atoms with Gasteiger partial charge in [-0.2, -0.15) is 13.1 Å². The summed E-state index contributed by atoms with van der Waals surface area (Å²) in [7, 11) is -3.94. The molecule has 0 aromatic carbocycles. The molecule has 0 bridgehead atoms. The van der Waals surface area contributed by atoms with E-state index in [1.54, 1.807) is 6.92 Å². The molecule has 0 radical (unpaired) electrons. The van der Waals surface area contributed by atoms with Gasteiger partial charge in [0.2, 0.25) is 0 Å². The van der Waals surface area contributed by atoms with Gasteiger partial charge in [-0.05, 0) is 19.8 Å². The normalized spacial score (nSPS) is 19.5. The molecule has 1 saturated carbocycles. The van der Waals surface area contributed by atoms with E-state index in [1.807, 2.05) is 4.72 Å². The minimum atomic E-state index is -3.94. The van der Waals surface area contributed by atoms with Crippen LogP contribution in [-0.4, -0.2) is 33.2 Å². The van der Waals surface area contributed by atoms with Gasteiger partial charge in [-0.3, -0.25) is 0 Å². The summed E-state index contributed by atoms with van der Waals surface area (Å²) in [4.78, 5) is 11.2. The van der Waals surface area contributed by atoms with Crippen LogP contribution in [0.3, 0.4) is 0 Å². The van der Waals surface area contributed by atoms with Crippen molar-refractivity contribution in [2.24, 2.45) is 5.73 Å². The fourth-order valence-electron chi connectivity index (χ4n) is 2.33. The highest BCUT2D eigenvalue weighted by atomic mass is 32.2. The molecule has 1 aliphatic rings. The van der Waals surface area contributed by atoms with Crippen molar-refractivity contribution in [3.63, 3.8) is 0 Å². The summed E-state index contributed by atoms with van der Waals surface area (Å²) in [5.41, 5.74) is 5.08. The van der Waals surface area contributed by atoms with Crippen LogP contribution in [0.25, 0.3) is 0 Å². The third kappa shape index (κ3) is 5.33.